The Bertz CT molecular complexity index is 345. The van der Waals surface area contributed by atoms with E-state index in [4.69, 9.17) is 5.26 Å². The van der Waals surface area contributed by atoms with Gasteiger partial charge in [0.25, 0.3) is 0 Å². The van der Waals surface area contributed by atoms with Crippen LogP contribution < -0.4 is 0 Å². The van der Waals surface area contributed by atoms with Gasteiger partial charge < -0.3 is 0 Å². The summed E-state index contributed by atoms with van der Waals surface area (Å²) in [6.45, 7) is 3.64. The Balaban J connectivity index is 3.07. The third kappa shape index (κ3) is 1.80. The zero-order valence-corrected chi connectivity index (χ0v) is 6.57. The molecule has 0 saturated heterocycles. The van der Waals surface area contributed by atoms with Crippen molar-refractivity contribution in [2.75, 3.05) is 0 Å². The van der Waals surface area contributed by atoms with Crippen molar-refractivity contribution in [3.05, 3.63) is 42.2 Å². The molecular formula is C10H8N2. The fourth-order valence-corrected chi connectivity index (χ4v) is 0.858. The molecule has 0 unspecified atom stereocenters. The topological polar surface area (TPSA) is 36.7 Å². The lowest BCUT2D eigenvalue weighted by Crippen LogP contribution is -1.83. The van der Waals surface area contributed by atoms with Gasteiger partial charge in [-0.2, -0.15) is 5.26 Å². The first-order chi connectivity index (χ1) is 5.88. The number of nitriles is 1. The molecule has 0 spiro atoms. The summed E-state index contributed by atoms with van der Waals surface area (Å²) in [5.74, 6) is 0. The van der Waals surface area contributed by atoms with Crippen LogP contribution in [-0.4, -0.2) is 4.98 Å². The van der Waals surface area contributed by atoms with Crippen LogP contribution in [0, 0.1) is 11.3 Å². The molecule has 1 aromatic rings. The Hall–Kier alpha value is -1.88. The van der Waals surface area contributed by atoms with Crippen LogP contribution in [0.5, 0.6) is 0 Å². The normalized spacial score (nSPS) is 9.58. The Morgan fingerprint density at radius 1 is 1.58 bits per heavy atom. The highest BCUT2D eigenvalue weighted by atomic mass is 14.7. The van der Waals surface area contributed by atoms with Crippen LogP contribution in [0.1, 0.15) is 11.3 Å². The van der Waals surface area contributed by atoms with Crippen molar-refractivity contribution in [1.29, 1.82) is 5.26 Å². The molecule has 58 valence electrons. The number of hydrogen-bond donors (Lipinski definition) is 0. The largest absolute Gasteiger partial charge is 0.256 e. The van der Waals surface area contributed by atoms with Gasteiger partial charge in [0, 0.05) is 12.3 Å². The third-order valence-electron chi connectivity index (χ3n) is 1.41. The van der Waals surface area contributed by atoms with Crippen LogP contribution in [-0.2, 0) is 0 Å². The molecule has 0 radical (unpaired) electrons. The van der Waals surface area contributed by atoms with Crippen molar-refractivity contribution in [3.63, 3.8) is 0 Å². The molecule has 1 heterocycles. The van der Waals surface area contributed by atoms with Crippen molar-refractivity contribution in [1.82, 2.24) is 4.98 Å². The van der Waals surface area contributed by atoms with E-state index in [-0.39, 0.29) is 0 Å². The van der Waals surface area contributed by atoms with Crippen molar-refractivity contribution in [2.45, 2.75) is 0 Å². The average Bonchev–Trinajstić information content (AvgIpc) is 2.15. The van der Waals surface area contributed by atoms with Crippen LogP contribution in [0.2, 0.25) is 0 Å². The second-order valence-electron chi connectivity index (χ2n) is 2.14. The zero-order chi connectivity index (χ0) is 8.81. The predicted molar refractivity (Wildman–Crippen MR) is 49.0 cm³/mol. The number of hydrogen-bond acceptors (Lipinski definition) is 2. The van der Waals surface area contributed by atoms with E-state index in [9.17, 15) is 0 Å². The third-order valence-corrected chi connectivity index (χ3v) is 1.41. The van der Waals surface area contributed by atoms with Gasteiger partial charge in [-0.15, -0.1) is 0 Å². The summed E-state index contributed by atoms with van der Waals surface area (Å²) in [6.07, 6.45) is 6.46. The van der Waals surface area contributed by atoms with E-state index >= 15 is 0 Å². The number of allylic oxidation sites excluding steroid dienone is 1. The molecule has 0 fully saturated rings. The summed E-state index contributed by atoms with van der Waals surface area (Å²) in [5.41, 5.74) is 1.71. The Labute approximate surface area is 71.5 Å². The van der Waals surface area contributed by atoms with E-state index in [1.165, 1.54) is 6.08 Å². The van der Waals surface area contributed by atoms with Crippen molar-refractivity contribution < 1.29 is 0 Å². The summed E-state index contributed by atoms with van der Waals surface area (Å²) in [5, 5.41) is 8.30. The standard InChI is InChI=1S/C10H8N2/c1-2-9-5-4-8-12-10(9)6-3-7-11/h2-6,8H,1H2. The highest BCUT2D eigenvalue weighted by Crippen LogP contribution is 2.07. The van der Waals surface area contributed by atoms with Crippen LogP contribution in [0.25, 0.3) is 12.2 Å². The smallest absolute Gasteiger partial charge is 0.0912 e. The molecule has 0 aliphatic rings. The minimum atomic E-state index is 0.772. The lowest BCUT2D eigenvalue weighted by atomic mass is 10.2. The first kappa shape index (κ1) is 8.22. The summed E-state index contributed by atoms with van der Waals surface area (Å²) < 4.78 is 0. The van der Waals surface area contributed by atoms with Gasteiger partial charge in [-0.05, 0) is 17.7 Å². The second kappa shape index (κ2) is 4.09. The highest BCUT2D eigenvalue weighted by molar-refractivity contribution is 5.61. The maximum Gasteiger partial charge on any atom is 0.0912 e. The van der Waals surface area contributed by atoms with E-state index in [1.54, 1.807) is 18.3 Å². The minimum absolute atomic E-state index is 0.772. The molecule has 0 bridgehead atoms. The quantitative estimate of drug-likeness (QED) is 0.616. The maximum atomic E-state index is 8.30. The van der Waals surface area contributed by atoms with Gasteiger partial charge in [0.15, 0.2) is 0 Å². The highest BCUT2D eigenvalue weighted by Gasteiger charge is 1.92. The molecule has 2 heteroatoms. The average molecular weight is 156 g/mol. The molecule has 0 atom stereocenters. The summed E-state index contributed by atoms with van der Waals surface area (Å²) in [4.78, 5) is 4.08. The monoisotopic (exact) mass is 156 g/mol. The first-order valence-electron chi connectivity index (χ1n) is 3.52. The minimum Gasteiger partial charge on any atom is -0.256 e. The lowest BCUT2D eigenvalue weighted by molar-refractivity contribution is 1.28. The summed E-state index contributed by atoms with van der Waals surface area (Å²) in [6, 6.07) is 5.65. The SMILES string of the molecule is C=Cc1cccnc1C=CC#N. The van der Waals surface area contributed by atoms with Crippen molar-refractivity contribution >= 4 is 12.2 Å². The second-order valence-corrected chi connectivity index (χ2v) is 2.14. The van der Waals surface area contributed by atoms with Crippen LogP contribution >= 0.6 is 0 Å². The Morgan fingerprint density at radius 2 is 2.42 bits per heavy atom. The molecule has 0 saturated carbocycles. The van der Waals surface area contributed by atoms with Gasteiger partial charge in [0.2, 0.25) is 0 Å². The summed E-state index contributed by atoms with van der Waals surface area (Å²) in [7, 11) is 0. The molecule has 12 heavy (non-hydrogen) atoms. The number of nitrogens with zero attached hydrogens (tertiary/aromatic N) is 2. The number of rotatable bonds is 2. The van der Waals surface area contributed by atoms with Crippen molar-refractivity contribution in [3.8, 4) is 6.07 Å². The molecule has 0 amide bonds. The van der Waals surface area contributed by atoms with Gasteiger partial charge in [-0.25, -0.2) is 0 Å². The van der Waals surface area contributed by atoms with Crippen LogP contribution in [0.15, 0.2) is 31.0 Å². The van der Waals surface area contributed by atoms with Gasteiger partial charge in [0.1, 0.15) is 0 Å². The molecule has 1 rings (SSSR count). The van der Waals surface area contributed by atoms with E-state index in [2.05, 4.69) is 11.6 Å². The molecular weight excluding hydrogens is 148 g/mol. The molecule has 0 N–H and O–H groups in total. The first-order valence-corrected chi connectivity index (χ1v) is 3.52. The van der Waals surface area contributed by atoms with Gasteiger partial charge in [-0.1, -0.05) is 18.7 Å². The Morgan fingerprint density at radius 3 is 3.08 bits per heavy atom. The number of aromatic nitrogens is 1. The molecule has 0 aromatic carbocycles. The molecule has 1 aromatic heterocycles. The fraction of sp³-hybridized carbons (Fsp3) is 0. The maximum absolute atomic E-state index is 8.30. The lowest BCUT2D eigenvalue weighted by Gasteiger charge is -1.96. The predicted octanol–water partition coefficient (Wildman–Crippen LogP) is 2.26. The van der Waals surface area contributed by atoms with Gasteiger partial charge >= 0.3 is 0 Å². The van der Waals surface area contributed by atoms with E-state index in [0.717, 1.165) is 11.3 Å². The fourth-order valence-electron chi connectivity index (χ4n) is 0.858. The van der Waals surface area contributed by atoms with Crippen LogP contribution in [0.3, 0.4) is 0 Å². The zero-order valence-electron chi connectivity index (χ0n) is 6.57. The molecule has 0 aliphatic heterocycles. The van der Waals surface area contributed by atoms with Crippen LogP contribution in [0.4, 0.5) is 0 Å². The molecule has 2 nitrogen and oxygen atoms in total. The Kier molecular flexibility index (Phi) is 2.80. The number of pyridine rings is 1. The van der Waals surface area contributed by atoms with E-state index < -0.39 is 0 Å². The van der Waals surface area contributed by atoms with Crippen molar-refractivity contribution in [2.24, 2.45) is 0 Å². The van der Waals surface area contributed by atoms with Gasteiger partial charge in [0.05, 0.1) is 11.8 Å². The van der Waals surface area contributed by atoms with E-state index in [1.807, 2.05) is 18.2 Å². The van der Waals surface area contributed by atoms with Gasteiger partial charge in [-0.3, -0.25) is 4.98 Å². The van der Waals surface area contributed by atoms with E-state index in [0.29, 0.717) is 0 Å². The summed E-state index contributed by atoms with van der Waals surface area (Å²) >= 11 is 0. The molecule has 0 aliphatic carbocycles.